The summed E-state index contributed by atoms with van der Waals surface area (Å²) in [4.78, 5) is 19.7. The molecular weight excluding hydrogens is 311 g/mol. The van der Waals surface area contributed by atoms with Crippen molar-refractivity contribution in [3.8, 4) is 5.75 Å². The number of phenols is 1. The maximum absolute atomic E-state index is 13.4. The summed E-state index contributed by atoms with van der Waals surface area (Å²) in [5, 5.41) is 13.9. The quantitative estimate of drug-likeness (QED) is 0.556. The first-order valence-corrected chi connectivity index (χ1v) is 7.14. The lowest BCUT2D eigenvalue weighted by Gasteiger charge is -1.98. The summed E-state index contributed by atoms with van der Waals surface area (Å²) in [5.74, 6) is -0.238. The molecule has 0 aliphatic carbocycles. The summed E-state index contributed by atoms with van der Waals surface area (Å²) in [5.41, 5.74) is 1.65. The van der Waals surface area contributed by atoms with Crippen LogP contribution in [0.25, 0.3) is 21.9 Å². The SMILES string of the molecule is O=c1c2[nH]c3ccc(F)cc3c2ncn1/N=C/c1ccc(O)cc1. The number of hydrogen-bond donors (Lipinski definition) is 2. The first kappa shape index (κ1) is 14.1. The molecule has 0 atom stereocenters. The molecule has 0 saturated carbocycles. The van der Waals surface area contributed by atoms with Crippen molar-refractivity contribution in [2.75, 3.05) is 0 Å². The molecule has 0 saturated heterocycles. The molecule has 0 fully saturated rings. The van der Waals surface area contributed by atoms with Gasteiger partial charge in [-0.15, -0.1) is 0 Å². The van der Waals surface area contributed by atoms with Crippen LogP contribution in [0, 0.1) is 5.82 Å². The summed E-state index contributed by atoms with van der Waals surface area (Å²) >= 11 is 0. The van der Waals surface area contributed by atoms with Gasteiger partial charge in [0.2, 0.25) is 0 Å². The highest BCUT2D eigenvalue weighted by molar-refractivity contribution is 6.04. The molecule has 7 heteroatoms. The molecular formula is C17H11FN4O2. The van der Waals surface area contributed by atoms with Gasteiger partial charge in [0.25, 0.3) is 5.56 Å². The predicted octanol–water partition coefficient (Wildman–Crippen LogP) is 2.60. The molecule has 0 aliphatic heterocycles. The van der Waals surface area contributed by atoms with Crippen molar-refractivity contribution in [2.45, 2.75) is 0 Å². The molecule has 6 nitrogen and oxygen atoms in total. The highest BCUT2D eigenvalue weighted by Gasteiger charge is 2.11. The van der Waals surface area contributed by atoms with E-state index in [0.29, 0.717) is 16.4 Å². The second kappa shape index (κ2) is 5.31. The third-order valence-corrected chi connectivity index (χ3v) is 3.68. The third kappa shape index (κ3) is 2.32. The summed E-state index contributed by atoms with van der Waals surface area (Å²) in [7, 11) is 0. The average Bonchev–Trinajstić information content (AvgIpc) is 2.95. The zero-order valence-corrected chi connectivity index (χ0v) is 12.3. The molecule has 2 heterocycles. The fourth-order valence-corrected chi connectivity index (χ4v) is 2.49. The van der Waals surface area contributed by atoms with Gasteiger partial charge in [0.15, 0.2) is 0 Å². The second-order valence-corrected chi connectivity index (χ2v) is 5.27. The van der Waals surface area contributed by atoms with E-state index in [1.54, 1.807) is 18.2 Å². The zero-order chi connectivity index (χ0) is 16.7. The van der Waals surface area contributed by atoms with Crippen LogP contribution in [0.4, 0.5) is 4.39 Å². The molecule has 2 aromatic heterocycles. The number of phenolic OH excluding ortho intramolecular Hbond substituents is 1. The maximum atomic E-state index is 13.4. The normalized spacial score (nSPS) is 11.7. The van der Waals surface area contributed by atoms with Crippen LogP contribution < -0.4 is 5.56 Å². The van der Waals surface area contributed by atoms with Crippen LogP contribution in [0.1, 0.15) is 5.56 Å². The van der Waals surface area contributed by atoms with Crippen molar-refractivity contribution >= 4 is 28.2 Å². The minimum atomic E-state index is -0.389. The van der Waals surface area contributed by atoms with Gasteiger partial charge in [-0.1, -0.05) is 0 Å². The number of aromatic nitrogens is 3. The Balaban J connectivity index is 1.82. The van der Waals surface area contributed by atoms with E-state index in [-0.39, 0.29) is 22.6 Å². The molecule has 0 bridgehead atoms. The van der Waals surface area contributed by atoms with Crippen molar-refractivity contribution < 1.29 is 9.50 Å². The summed E-state index contributed by atoms with van der Waals surface area (Å²) in [6.45, 7) is 0. The Hall–Kier alpha value is -3.48. The lowest BCUT2D eigenvalue weighted by molar-refractivity contribution is 0.475. The number of rotatable bonds is 2. The van der Waals surface area contributed by atoms with Crippen LogP contribution in [0.15, 0.2) is 58.7 Å². The Labute approximate surface area is 134 Å². The zero-order valence-electron chi connectivity index (χ0n) is 12.3. The largest absolute Gasteiger partial charge is 0.508 e. The van der Waals surface area contributed by atoms with Crippen molar-refractivity contribution in [2.24, 2.45) is 5.10 Å². The molecule has 2 N–H and O–H groups in total. The molecule has 24 heavy (non-hydrogen) atoms. The van der Waals surface area contributed by atoms with Gasteiger partial charge in [0.05, 0.1) is 6.21 Å². The molecule has 4 aromatic rings. The molecule has 0 aliphatic rings. The highest BCUT2D eigenvalue weighted by Crippen LogP contribution is 2.21. The van der Waals surface area contributed by atoms with E-state index in [4.69, 9.17) is 0 Å². The molecule has 2 aromatic carbocycles. The standard InChI is InChI=1S/C17H11FN4O2/c18-11-3-6-14-13(7-11)15-16(21-14)17(24)22(9-19-15)20-8-10-1-4-12(23)5-2-10/h1-9,21,23H/b20-8+. The van der Waals surface area contributed by atoms with E-state index >= 15 is 0 Å². The van der Waals surface area contributed by atoms with Crippen LogP contribution in [-0.2, 0) is 0 Å². The van der Waals surface area contributed by atoms with Gasteiger partial charge in [-0.05, 0) is 48.0 Å². The van der Waals surface area contributed by atoms with E-state index in [1.165, 1.54) is 36.8 Å². The Morgan fingerprint density at radius 1 is 1.21 bits per heavy atom. The monoisotopic (exact) mass is 322 g/mol. The summed E-state index contributed by atoms with van der Waals surface area (Å²) < 4.78 is 14.5. The fourth-order valence-electron chi connectivity index (χ4n) is 2.49. The van der Waals surface area contributed by atoms with Gasteiger partial charge in [-0.3, -0.25) is 4.79 Å². The first-order chi connectivity index (χ1) is 11.6. The minimum absolute atomic E-state index is 0.151. The van der Waals surface area contributed by atoms with E-state index in [1.807, 2.05) is 0 Å². The molecule has 0 amide bonds. The number of H-pyrrole nitrogens is 1. The molecule has 4 rings (SSSR count). The second-order valence-electron chi connectivity index (χ2n) is 5.27. The van der Waals surface area contributed by atoms with Crippen molar-refractivity contribution in [3.63, 3.8) is 0 Å². The van der Waals surface area contributed by atoms with Gasteiger partial charge >= 0.3 is 0 Å². The van der Waals surface area contributed by atoms with Gasteiger partial charge in [-0.25, -0.2) is 9.37 Å². The van der Waals surface area contributed by atoms with Crippen LogP contribution in [0.2, 0.25) is 0 Å². The number of aromatic hydroxyl groups is 1. The third-order valence-electron chi connectivity index (χ3n) is 3.68. The summed E-state index contributed by atoms with van der Waals surface area (Å²) in [6, 6.07) is 10.6. The van der Waals surface area contributed by atoms with E-state index < -0.39 is 0 Å². The van der Waals surface area contributed by atoms with Crippen LogP contribution in [0.5, 0.6) is 5.75 Å². The number of halogens is 1. The molecule has 118 valence electrons. The van der Waals surface area contributed by atoms with Gasteiger partial charge in [0, 0.05) is 10.9 Å². The van der Waals surface area contributed by atoms with Crippen LogP contribution >= 0.6 is 0 Å². The van der Waals surface area contributed by atoms with Crippen molar-refractivity contribution in [1.29, 1.82) is 0 Å². The van der Waals surface area contributed by atoms with Crippen molar-refractivity contribution in [1.82, 2.24) is 14.6 Å². The Kier molecular flexibility index (Phi) is 3.13. The van der Waals surface area contributed by atoms with E-state index in [2.05, 4.69) is 15.1 Å². The van der Waals surface area contributed by atoms with Crippen molar-refractivity contribution in [3.05, 3.63) is 70.5 Å². The van der Waals surface area contributed by atoms with E-state index in [0.717, 1.165) is 10.2 Å². The summed E-state index contributed by atoms with van der Waals surface area (Å²) in [6.07, 6.45) is 2.77. The number of hydrogen-bond acceptors (Lipinski definition) is 4. The lowest BCUT2D eigenvalue weighted by atomic mass is 10.2. The minimum Gasteiger partial charge on any atom is -0.508 e. The Morgan fingerprint density at radius 2 is 2.00 bits per heavy atom. The number of nitrogens with one attached hydrogen (secondary N) is 1. The Morgan fingerprint density at radius 3 is 2.79 bits per heavy atom. The number of fused-ring (bicyclic) bond motifs is 3. The highest BCUT2D eigenvalue weighted by atomic mass is 19.1. The predicted molar refractivity (Wildman–Crippen MR) is 88.9 cm³/mol. The first-order valence-electron chi connectivity index (χ1n) is 7.14. The average molecular weight is 322 g/mol. The number of aromatic amines is 1. The topological polar surface area (TPSA) is 83.3 Å². The molecule has 0 spiro atoms. The Bertz CT molecular complexity index is 1140. The van der Waals surface area contributed by atoms with Crippen LogP contribution in [0.3, 0.4) is 0 Å². The van der Waals surface area contributed by atoms with Gasteiger partial charge in [-0.2, -0.15) is 9.78 Å². The molecule has 0 radical (unpaired) electrons. The van der Waals surface area contributed by atoms with E-state index in [9.17, 15) is 14.3 Å². The van der Waals surface area contributed by atoms with Crippen LogP contribution in [-0.4, -0.2) is 26.0 Å². The number of nitrogens with zero attached hydrogens (tertiary/aromatic N) is 3. The molecule has 0 unspecified atom stereocenters. The number of benzene rings is 2. The van der Waals surface area contributed by atoms with Gasteiger partial charge in [0.1, 0.15) is 28.9 Å². The smallest absolute Gasteiger partial charge is 0.298 e. The maximum Gasteiger partial charge on any atom is 0.298 e. The fraction of sp³-hybridized carbons (Fsp3) is 0. The van der Waals surface area contributed by atoms with Gasteiger partial charge < -0.3 is 10.1 Å². The lowest BCUT2D eigenvalue weighted by Crippen LogP contribution is -2.17.